The number of hydrogen-bond donors (Lipinski definition) is 3. The lowest BCUT2D eigenvalue weighted by Gasteiger charge is -2.21. The normalized spacial score (nSPS) is 10.9. The first-order chi connectivity index (χ1) is 9.87. The van der Waals surface area contributed by atoms with E-state index in [1.807, 2.05) is 20.8 Å². The minimum atomic E-state index is -0.262. The molecule has 1 aromatic rings. The van der Waals surface area contributed by atoms with E-state index in [-0.39, 0.29) is 18.0 Å². The van der Waals surface area contributed by atoms with Crippen LogP contribution in [0.25, 0.3) is 0 Å². The monoisotopic (exact) mass is 295 g/mol. The van der Waals surface area contributed by atoms with E-state index in [2.05, 4.69) is 32.8 Å². The Morgan fingerprint density at radius 3 is 2.38 bits per heavy atom. The third-order valence-electron chi connectivity index (χ3n) is 2.48. The van der Waals surface area contributed by atoms with Gasteiger partial charge in [0, 0.05) is 12.1 Å². The maximum Gasteiger partial charge on any atom is 0.239 e. The van der Waals surface area contributed by atoms with Gasteiger partial charge in [-0.15, -0.1) is 0 Å². The highest BCUT2D eigenvalue weighted by Crippen LogP contribution is 2.28. The number of hydrogen-bond acceptors (Lipinski definition) is 6. The average Bonchev–Trinajstić information content (AvgIpc) is 2.40. The largest absolute Gasteiger partial charge is 0.490 e. The SMILES string of the molecule is CCCNc1ncnc(NCC(=O)NC(C)(C)C)c1OC. The van der Waals surface area contributed by atoms with E-state index < -0.39 is 0 Å². The number of nitrogens with zero attached hydrogens (tertiary/aromatic N) is 2. The van der Waals surface area contributed by atoms with Crippen molar-refractivity contribution in [2.45, 2.75) is 39.7 Å². The zero-order chi connectivity index (χ0) is 15.9. The van der Waals surface area contributed by atoms with Crippen LogP contribution in [0.5, 0.6) is 5.75 Å². The third kappa shape index (κ3) is 5.85. The lowest BCUT2D eigenvalue weighted by molar-refractivity contribution is -0.120. The predicted molar refractivity (Wildman–Crippen MR) is 83.8 cm³/mol. The van der Waals surface area contributed by atoms with Crippen LogP contribution in [-0.2, 0) is 4.79 Å². The molecule has 0 aromatic carbocycles. The molecule has 0 saturated carbocycles. The van der Waals surface area contributed by atoms with Crippen molar-refractivity contribution in [3.8, 4) is 5.75 Å². The van der Waals surface area contributed by atoms with Gasteiger partial charge >= 0.3 is 0 Å². The van der Waals surface area contributed by atoms with Crippen LogP contribution in [0.3, 0.4) is 0 Å². The van der Waals surface area contributed by atoms with Crippen LogP contribution in [0.1, 0.15) is 34.1 Å². The Morgan fingerprint density at radius 1 is 1.24 bits per heavy atom. The molecule has 1 aromatic heterocycles. The summed E-state index contributed by atoms with van der Waals surface area (Å²) in [6, 6.07) is 0. The van der Waals surface area contributed by atoms with Crippen molar-refractivity contribution in [3.63, 3.8) is 0 Å². The zero-order valence-electron chi connectivity index (χ0n) is 13.4. The Bertz CT molecular complexity index is 471. The molecular formula is C14H25N5O2. The van der Waals surface area contributed by atoms with E-state index in [0.717, 1.165) is 13.0 Å². The third-order valence-corrected chi connectivity index (χ3v) is 2.48. The minimum absolute atomic E-state index is 0.105. The van der Waals surface area contributed by atoms with Crippen molar-refractivity contribution < 1.29 is 9.53 Å². The van der Waals surface area contributed by atoms with E-state index >= 15 is 0 Å². The second kappa shape index (κ2) is 7.66. The van der Waals surface area contributed by atoms with Crippen molar-refractivity contribution in [2.24, 2.45) is 0 Å². The number of rotatable bonds is 7. The number of carbonyl (C=O) groups is 1. The molecule has 0 fully saturated rings. The Morgan fingerprint density at radius 2 is 1.86 bits per heavy atom. The Hall–Kier alpha value is -2.05. The lowest BCUT2D eigenvalue weighted by Crippen LogP contribution is -2.43. The molecule has 0 aliphatic heterocycles. The van der Waals surface area contributed by atoms with Crippen molar-refractivity contribution in [1.82, 2.24) is 15.3 Å². The molecule has 7 heteroatoms. The maximum atomic E-state index is 11.8. The first-order valence-corrected chi connectivity index (χ1v) is 7.05. The van der Waals surface area contributed by atoms with E-state index in [4.69, 9.17) is 4.74 Å². The quantitative estimate of drug-likeness (QED) is 0.708. The number of anilines is 2. The summed E-state index contributed by atoms with van der Waals surface area (Å²) in [5.74, 6) is 1.52. The van der Waals surface area contributed by atoms with Gasteiger partial charge in [-0.1, -0.05) is 6.92 Å². The van der Waals surface area contributed by atoms with Crippen LogP contribution in [0.4, 0.5) is 11.6 Å². The number of ether oxygens (including phenoxy) is 1. The van der Waals surface area contributed by atoms with Crippen LogP contribution < -0.4 is 20.7 Å². The fraction of sp³-hybridized carbons (Fsp3) is 0.643. The van der Waals surface area contributed by atoms with Crippen LogP contribution >= 0.6 is 0 Å². The molecule has 0 radical (unpaired) electrons. The summed E-state index contributed by atoms with van der Waals surface area (Å²) in [6.45, 7) is 8.78. The molecule has 118 valence electrons. The summed E-state index contributed by atoms with van der Waals surface area (Å²) in [4.78, 5) is 20.1. The first kappa shape index (κ1) is 17.0. The highest BCUT2D eigenvalue weighted by Gasteiger charge is 2.16. The topological polar surface area (TPSA) is 88.2 Å². The number of amides is 1. The van der Waals surface area contributed by atoms with Gasteiger partial charge in [-0.3, -0.25) is 4.79 Å². The molecule has 0 unspecified atom stereocenters. The number of aromatic nitrogens is 2. The summed E-state index contributed by atoms with van der Waals surface area (Å²) >= 11 is 0. The second-order valence-electron chi connectivity index (χ2n) is 5.68. The molecule has 0 spiro atoms. The molecule has 0 bridgehead atoms. The van der Waals surface area contributed by atoms with Gasteiger partial charge in [0.25, 0.3) is 0 Å². The van der Waals surface area contributed by atoms with Gasteiger partial charge in [0.1, 0.15) is 6.33 Å². The van der Waals surface area contributed by atoms with E-state index in [1.165, 1.54) is 6.33 Å². The molecule has 3 N–H and O–H groups in total. The van der Waals surface area contributed by atoms with Crippen molar-refractivity contribution in [1.29, 1.82) is 0 Å². The average molecular weight is 295 g/mol. The van der Waals surface area contributed by atoms with Gasteiger partial charge in [-0.25, -0.2) is 9.97 Å². The molecule has 0 aliphatic carbocycles. The minimum Gasteiger partial charge on any atom is -0.490 e. The highest BCUT2D eigenvalue weighted by atomic mass is 16.5. The smallest absolute Gasteiger partial charge is 0.239 e. The molecule has 1 amide bonds. The fourth-order valence-corrected chi connectivity index (χ4v) is 1.69. The van der Waals surface area contributed by atoms with Gasteiger partial charge in [0.15, 0.2) is 11.6 Å². The van der Waals surface area contributed by atoms with Crippen LogP contribution in [0, 0.1) is 0 Å². The highest BCUT2D eigenvalue weighted by molar-refractivity contribution is 5.81. The molecule has 21 heavy (non-hydrogen) atoms. The standard InChI is InChI=1S/C14H25N5O2/c1-6-7-15-12-11(21-5)13(18-9-17-12)16-8-10(20)19-14(2,3)4/h9H,6-8H2,1-5H3,(H,19,20)(H2,15,16,17,18). The molecule has 7 nitrogen and oxygen atoms in total. The molecule has 1 heterocycles. The number of carbonyl (C=O) groups excluding carboxylic acids is 1. The predicted octanol–water partition coefficient (Wildman–Crippen LogP) is 1.63. The maximum absolute atomic E-state index is 11.8. The number of methoxy groups -OCH3 is 1. The zero-order valence-corrected chi connectivity index (χ0v) is 13.4. The van der Waals surface area contributed by atoms with Gasteiger partial charge in [0.05, 0.1) is 13.7 Å². The summed E-state index contributed by atoms with van der Waals surface area (Å²) in [5, 5.41) is 9.01. The van der Waals surface area contributed by atoms with Crippen molar-refractivity contribution >= 4 is 17.5 Å². The van der Waals surface area contributed by atoms with Gasteiger partial charge < -0.3 is 20.7 Å². The summed E-state index contributed by atoms with van der Waals surface area (Å²) in [7, 11) is 1.55. The van der Waals surface area contributed by atoms with Gasteiger partial charge in [0.2, 0.25) is 11.7 Å². The van der Waals surface area contributed by atoms with Crippen molar-refractivity contribution in [3.05, 3.63) is 6.33 Å². The molecule has 1 rings (SSSR count). The van der Waals surface area contributed by atoms with E-state index in [9.17, 15) is 4.79 Å². The fourth-order valence-electron chi connectivity index (χ4n) is 1.69. The molecule has 0 aliphatic rings. The van der Waals surface area contributed by atoms with Crippen LogP contribution in [0.15, 0.2) is 6.33 Å². The van der Waals surface area contributed by atoms with Gasteiger partial charge in [-0.2, -0.15) is 0 Å². The second-order valence-corrected chi connectivity index (χ2v) is 5.68. The van der Waals surface area contributed by atoms with E-state index in [0.29, 0.717) is 17.4 Å². The lowest BCUT2D eigenvalue weighted by atomic mass is 10.1. The summed E-state index contributed by atoms with van der Waals surface area (Å²) in [5.41, 5.74) is -0.262. The summed E-state index contributed by atoms with van der Waals surface area (Å²) in [6.07, 6.45) is 2.41. The Balaban J connectivity index is 2.72. The van der Waals surface area contributed by atoms with Crippen LogP contribution in [-0.4, -0.2) is 41.6 Å². The Labute approximate surface area is 125 Å². The first-order valence-electron chi connectivity index (χ1n) is 7.05. The molecule has 0 atom stereocenters. The summed E-state index contributed by atoms with van der Waals surface area (Å²) < 4.78 is 5.33. The van der Waals surface area contributed by atoms with Crippen molar-refractivity contribution in [2.75, 3.05) is 30.8 Å². The van der Waals surface area contributed by atoms with Gasteiger partial charge in [-0.05, 0) is 27.2 Å². The number of nitrogens with one attached hydrogen (secondary N) is 3. The molecule has 0 saturated heterocycles. The van der Waals surface area contributed by atoms with E-state index in [1.54, 1.807) is 7.11 Å². The molecular weight excluding hydrogens is 270 g/mol. The van der Waals surface area contributed by atoms with Crippen LogP contribution in [0.2, 0.25) is 0 Å². The Kier molecular flexibility index (Phi) is 6.20.